The minimum Gasteiger partial charge on any atom is -0.205 e. The van der Waals surface area contributed by atoms with E-state index in [1.807, 2.05) is 24.3 Å². The van der Waals surface area contributed by atoms with E-state index in [4.69, 9.17) is 0 Å². The van der Waals surface area contributed by atoms with Crippen molar-refractivity contribution in [2.45, 2.75) is 13.3 Å². The van der Waals surface area contributed by atoms with Crippen LogP contribution in [0, 0.1) is 17.7 Å². The van der Waals surface area contributed by atoms with Crippen LogP contribution in [0.4, 0.5) is 10.1 Å². The minimum absolute atomic E-state index is 0.170. The van der Waals surface area contributed by atoms with Crippen molar-refractivity contribution in [3.05, 3.63) is 89.2 Å². The Balaban J connectivity index is 1.78. The molecule has 0 aliphatic heterocycles. The van der Waals surface area contributed by atoms with Gasteiger partial charge in [-0.05, 0) is 65.7 Å². The molecule has 0 aliphatic carbocycles. The summed E-state index contributed by atoms with van der Waals surface area (Å²) < 4.78 is 13.8. The lowest BCUT2D eigenvalue weighted by atomic mass is 10.0. The molecule has 26 heavy (non-hydrogen) atoms. The van der Waals surface area contributed by atoms with Gasteiger partial charge in [0.2, 0.25) is 0 Å². The first-order valence-electron chi connectivity index (χ1n) is 8.28. The summed E-state index contributed by atoms with van der Waals surface area (Å²) in [6.45, 7) is 2.15. The molecular formula is C23H16FNS. The van der Waals surface area contributed by atoms with Crippen molar-refractivity contribution < 1.29 is 4.39 Å². The molecule has 0 saturated heterocycles. The van der Waals surface area contributed by atoms with Gasteiger partial charge in [-0.15, -0.1) is 0 Å². The van der Waals surface area contributed by atoms with Gasteiger partial charge in [0.15, 0.2) is 5.82 Å². The van der Waals surface area contributed by atoms with Crippen LogP contribution in [0.15, 0.2) is 71.7 Å². The summed E-state index contributed by atoms with van der Waals surface area (Å²) in [5.41, 5.74) is 5.28. The Morgan fingerprint density at radius 2 is 1.42 bits per heavy atom. The largest absolute Gasteiger partial charge is 0.205 e. The molecule has 0 fully saturated rings. The predicted molar refractivity (Wildman–Crippen MR) is 108 cm³/mol. The van der Waals surface area contributed by atoms with Crippen LogP contribution >= 0.6 is 12.2 Å². The van der Waals surface area contributed by atoms with E-state index in [0.29, 0.717) is 5.56 Å². The number of isothiocyanates is 1. The number of hydrogen-bond acceptors (Lipinski definition) is 2. The van der Waals surface area contributed by atoms with E-state index in [1.54, 1.807) is 12.1 Å². The highest BCUT2D eigenvalue weighted by Gasteiger charge is 2.01. The Labute approximate surface area is 158 Å². The molecule has 0 heterocycles. The molecule has 0 radical (unpaired) electrons. The SMILES string of the molecule is CCc1ccc(-c2ccc(C#Cc3ccc(N=C=S)c(F)c3)cc2)cc1. The fourth-order valence-corrected chi connectivity index (χ4v) is 2.65. The van der Waals surface area contributed by atoms with Crippen LogP contribution in [0.25, 0.3) is 11.1 Å². The molecule has 3 rings (SSSR count). The van der Waals surface area contributed by atoms with Crippen LogP contribution in [0.3, 0.4) is 0 Å². The zero-order chi connectivity index (χ0) is 18.4. The number of aliphatic imine (C=N–C) groups is 1. The summed E-state index contributed by atoms with van der Waals surface area (Å²) >= 11 is 4.49. The number of aryl methyl sites for hydroxylation is 1. The lowest BCUT2D eigenvalue weighted by Gasteiger charge is -2.03. The summed E-state index contributed by atoms with van der Waals surface area (Å²) in [7, 11) is 0. The quantitative estimate of drug-likeness (QED) is 0.309. The third kappa shape index (κ3) is 4.32. The molecule has 126 valence electrons. The predicted octanol–water partition coefficient (Wildman–Crippen LogP) is 6.19. The number of hydrogen-bond donors (Lipinski definition) is 0. The van der Waals surface area contributed by atoms with Crippen LogP contribution in [0.5, 0.6) is 0 Å². The van der Waals surface area contributed by atoms with Gasteiger partial charge >= 0.3 is 0 Å². The van der Waals surface area contributed by atoms with Gasteiger partial charge in [0.05, 0.1) is 5.16 Å². The molecule has 0 bridgehead atoms. The summed E-state index contributed by atoms with van der Waals surface area (Å²) in [5.74, 6) is 5.56. The van der Waals surface area contributed by atoms with E-state index < -0.39 is 5.82 Å². The highest BCUT2D eigenvalue weighted by Crippen LogP contribution is 2.21. The Kier molecular flexibility index (Phi) is 5.71. The third-order valence-electron chi connectivity index (χ3n) is 4.05. The summed E-state index contributed by atoms with van der Waals surface area (Å²) in [5, 5.41) is 2.16. The molecule has 0 spiro atoms. The van der Waals surface area contributed by atoms with Crippen molar-refractivity contribution >= 4 is 23.1 Å². The van der Waals surface area contributed by atoms with Gasteiger partial charge in [0.1, 0.15) is 5.69 Å². The number of thiocarbonyl (C=S) groups is 1. The molecule has 1 nitrogen and oxygen atoms in total. The maximum absolute atomic E-state index is 13.8. The van der Waals surface area contributed by atoms with Gasteiger partial charge < -0.3 is 0 Å². The zero-order valence-corrected chi connectivity index (χ0v) is 15.1. The Hall–Kier alpha value is -3.05. The second-order valence-electron chi connectivity index (χ2n) is 5.75. The molecule has 3 heteroatoms. The van der Waals surface area contributed by atoms with Gasteiger partial charge in [0, 0.05) is 11.1 Å². The first-order chi connectivity index (χ1) is 12.7. The number of rotatable bonds is 3. The molecule has 0 aliphatic rings. The molecule has 0 saturated carbocycles. The van der Waals surface area contributed by atoms with Crippen LogP contribution in [0.2, 0.25) is 0 Å². The fraction of sp³-hybridized carbons (Fsp3) is 0.0870. The molecule has 3 aromatic rings. The molecular weight excluding hydrogens is 341 g/mol. The van der Waals surface area contributed by atoms with E-state index in [1.165, 1.54) is 17.2 Å². The average molecular weight is 357 g/mol. The van der Waals surface area contributed by atoms with E-state index >= 15 is 0 Å². The van der Waals surface area contributed by atoms with Crippen molar-refractivity contribution in [2.75, 3.05) is 0 Å². The molecule has 0 unspecified atom stereocenters. The van der Waals surface area contributed by atoms with Crippen molar-refractivity contribution in [3.8, 4) is 23.0 Å². The summed E-state index contributed by atoms with van der Waals surface area (Å²) in [4.78, 5) is 3.66. The monoisotopic (exact) mass is 357 g/mol. The zero-order valence-electron chi connectivity index (χ0n) is 14.3. The molecule has 0 amide bonds. The minimum atomic E-state index is -0.458. The Morgan fingerprint density at radius 3 is 2.00 bits per heavy atom. The maximum Gasteiger partial charge on any atom is 0.150 e. The van der Waals surface area contributed by atoms with Crippen LogP contribution in [0.1, 0.15) is 23.6 Å². The van der Waals surface area contributed by atoms with Crippen molar-refractivity contribution in [2.24, 2.45) is 4.99 Å². The van der Waals surface area contributed by atoms with Crippen molar-refractivity contribution in [1.82, 2.24) is 0 Å². The molecule has 3 aromatic carbocycles. The first kappa shape index (κ1) is 17.8. The van der Waals surface area contributed by atoms with Crippen molar-refractivity contribution in [1.29, 1.82) is 0 Å². The van der Waals surface area contributed by atoms with E-state index in [2.05, 4.69) is 65.4 Å². The maximum atomic E-state index is 13.8. The van der Waals surface area contributed by atoms with Crippen molar-refractivity contribution in [3.63, 3.8) is 0 Å². The third-order valence-corrected chi connectivity index (χ3v) is 4.14. The highest BCUT2D eigenvalue weighted by atomic mass is 32.1. The van der Waals surface area contributed by atoms with Gasteiger partial charge in [0.25, 0.3) is 0 Å². The lowest BCUT2D eigenvalue weighted by molar-refractivity contribution is 0.629. The van der Waals surface area contributed by atoms with Gasteiger partial charge in [-0.1, -0.05) is 55.2 Å². The highest BCUT2D eigenvalue weighted by molar-refractivity contribution is 7.78. The fourth-order valence-electron chi connectivity index (χ4n) is 2.55. The van der Waals surface area contributed by atoms with Gasteiger partial charge in [-0.25, -0.2) is 4.39 Å². The topological polar surface area (TPSA) is 12.4 Å². The van der Waals surface area contributed by atoms with Gasteiger partial charge in [-0.2, -0.15) is 4.99 Å². The van der Waals surface area contributed by atoms with Crippen LogP contribution < -0.4 is 0 Å². The standard InChI is InChI=1S/C23H16FNS/c1-2-17-5-10-20(11-6-17)21-12-7-18(8-13-21)3-4-19-9-14-23(25-16-26)22(24)15-19/h5-15H,2H2,1H3. The second kappa shape index (κ2) is 8.36. The first-order valence-corrected chi connectivity index (χ1v) is 8.69. The van der Waals surface area contributed by atoms with Crippen LogP contribution in [-0.2, 0) is 6.42 Å². The van der Waals surface area contributed by atoms with Crippen LogP contribution in [-0.4, -0.2) is 5.16 Å². The molecule has 0 atom stereocenters. The summed E-state index contributed by atoms with van der Waals surface area (Å²) in [6, 6.07) is 21.2. The van der Waals surface area contributed by atoms with E-state index in [0.717, 1.165) is 17.5 Å². The molecule has 0 N–H and O–H groups in total. The normalized spacial score (nSPS) is 9.77. The average Bonchev–Trinajstić information content (AvgIpc) is 2.69. The Morgan fingerprint density at radius 1 is 0.846 bits per heavy atom. The number of nitrogens with zero attached hydrogens (tertiary/aromatic N) is 1. The smallest absolute Gasteiger partial charge is 0.150 e. The van der Waals surface area contributed by atoms with E-state index in [9.17, 15) is 4.39 Å². The molecule has 0 aromatic heterocycles. The van der Waals surface area contributed by atoms with E-state index in [-0.39, 0.29) is 5.69 Å². The number of benzene rings is 3. The summed E-state index contributed by atoms with van der Waals surface area (Å²) in [6.07, 6.45) is 1.04. The van der Waals surface area contributed by atoms with Gasteiger partial charge in [-0.3, -0.25) is 0 Å². The lowest BCUT2D eigenvalue weighted by Crippen LogP contribution is -1.83. The Bertz CT molecular complexity index is 1020. The number of halogens is 1. The second-order valence-corrected chi connectivity index (χ2v) is 5.93.